The molecule has 0 bridgehead atoms. The van der Waals surface area contributed by atoms with Crippen LogP contribution in [0.5, 0.6) is 0 Å². The third-order valence-corrected chi connectivity index (χ3v) is 3.39. The van der Waals surface area contributed by atoms with Crippen LogP contribution >= 0.6 is 35.0 Å². The van der Waals surface area contributed by atoms with E-state index in [1.165, 1.54) is 0 Å². The number of piperidine rings is 1. The van der Waals surface area contributed by atoms with E-state index in [0.29, 0.717) is 0 Å². The lowest BCUT2D eigenvalue weighted by atomic mass is 10.1. The van der Waals surface area contributed by atoms with Crippen LogP contribution in [0.25, 0.3) is 0 Å². The summed E-state index contributed by atoms with van der Waals surface area (Å²) in [5, 5.41) is 6.34. The van der Waals surface area contributed by atoms with Gasteiger partial charge in [-0.25, -0.2) is 0 Å². The van der Waals surface area contributed by atoms with E-state index >= 15 is 0 Å². The second-order valence-corrected chi connectivity index (χ2v) is 5.27. The van der Waals surface area contributed by atoms with Gasteiger partial charge in [-0.2, -0.15) is 0 Å². The molecule has 1 aromatic carbocycles. The highest BCUT2D eigenvalue weighted by Gasteiger charge is 2.16. The van der Waals surface area contributed by atoms with E-state index in [4.69, 9.17) is 0 Å². The van der Waals surface area contributed by atoms with Crippen molar-refractivity contribution in [3.8, 4) is 0 Å². The first-order valence-electron chi connectivity index (χ1n) is 5.53. The van der Waals surface area contributed by atoms with Gasteiger partial charge in [0.25, 0.3) is 5.91 Å². The highest BCUT2D eigenvalue weighted by atomic mass is 127. The van der Waals surface area contributed by atoms with E-state index in [9.17, 15) is 4.79 Å². The van der Waals surface area contributed by atoms with E-state index in [1.54, 1.807) is 0 Å². The molecule has 0 aromatic heterocycles. The van der Waals surface area contributed by atoms with Crippen LogP contribution in [0.15, 0.2) is 24.3 Å². The van der Waals surface area contributed by atoms with Crippen molar-refractivity contribution >= 4 is 40.9 Å². The Balaban J connectivity index is 0.00000144. The number of benzene rings is 1. The standard InChI is InChI=1S/C12H15IN2O.ClH/c13-10-4-1-3-9(7-10)12(16)15-11-5-2-6-14-8-11;/h1,3-4,7,11,14H,2,5-6,8H2,(H,15,16);1H/t11-;/m0./s1. The van der Waals surface area contributed by atoms with E-state index in [0.717, 1.165) is 35.1 Å². The highest BCUT2D eigenvalue weighted by Crippen LogP contribution is 2.09. The van der Waals surface area contributed by atoms with Gasteiger partial charge in [-0.3, -0.25) is 4.79 Å². The topological polar surface area (TPSA) is 41.1 Å². The predicted molar refractivity (Wildman–Crippen MR) is 79.8 cm³/mol. The zero-order valence-corrected chi connectivity index (χ0v) is 12.4. The van der Waals surface area contributed by atoms with Crippen LogP contribution in [-0.2, 0) is 0 Å². The summed E-state index contributed by atoms with van der Waals surface area (Å²) in [6.07, 6.45) is 2.21. The fraction of sp³-hybridized carbons (Fsp3) is 0.417. The zero-order chi connectivity index (χ0) is 11.4. The third kappa shape index (κ3) is 4.44. The molecule has 1 heterocycles. The van der Waals surface area contributed by atoms with E-state index in [-0.39, 0.29) is 24.4 Å². The van der Waals surface area contributed by atoms with Crippen LogP contribution in [-0.4, -0.2) is 25.0 Å². The van der Waals surface area contributed by atoms with Gasteiger partial charge in [-0.15, -0.1) is 12.4 Å². The summed E-state index contributed by atoms with van der Waals surface area (Å²) in [4.78, 5) is 11.9. The molecule has 1 aromatic rings. The van der Waals surface area contributed by atoms with Crippen LogP contribution in [0, 0.1) is 3.57 Å². The zero-order valence-electron chi connectivity index (χ0n) is 9.41. The second kappa shape index (κ2) is 7.18. The largest absolute Gasteiger partial charge is 0.348 e. The van der Waals surface area contributed by atoms with Gasteiger partial charge in [0.2, 0.25) is 0 Å². The lowest BCUT2D eigenvalue weighted by Crippen LogP contribution is -2.45. The minimum Gasteiger partial charge on any atom is -0.348 e. The molecule has 3 nitrogen and oxygen atoms in total. The monoisotopic (exact) mass is 366 g/mol. The Hall–Kier alpha value is -0.330. The summed E-state index contributed by atoms with van der Waals surface area (Å²) in [6, 6.07) is 7.94. The molecule has 2 rings (SSSR count). The minimum absolute atomic E-state index is 0. The van der Waals surface area contributed by atoms with Crippen LogP contribution < -0.4 is 10.6 Å². The molecule has 0 spiro atoms. The van der Waals surface area contributed by atoms with Gasteiger partial charge in [0.05, 0.1) is 0 Å². The third-order valence-electron chi connectivity index (χ3n) is 2.72. The van der Waals surface area contributed by atoms with E-state index in [1.807, 2.05) is 24.3 Å². The molecule has 1 atom stereocenters. The molecule has 0 aliphatic carbocycles. The lowest BCUT2D eigenvalue weighted by molar-refractivity contribution is 0.0930. The molecule has 1 saturated heterocycles. The Labute approximate surface area is 121 Å². The molecule has 1 fully saturated rings. The van der Waals surface area contributed by atoms with Crippen LogP contribution in [0.1, 0.15) is 23.2 Å². The highest BCUT2D eigenvalue weighted by molar-refractivity contribution is 14.1. The van der Waals surface area contributed by atoms with Gasteiger partial charge in [-0.05, 0) is 60.2 Å². The van der Waals surface area contributed by atoms with Crippen molar-refractivity contribution in [1.82, 2.24) is 10.6 Å². The number of carbonyl (C=O) groups is 1. The van der Waals surface area contributed by atoms with Crippen LogP contribution in [0.3, 0.4) is 0 Å². The number of carbonyl (C=O) groups excluding carboxylic acids is 1. The van der Waals surface area contributed by atoms with E-state index < -0.39 is 0 Å². The molecule has 1 aliphatic rings. The number of nitrogens with one attached hydrogen (secondary N) is 2. The van der Waals surface area contributed by atoms with Crippen molar-refractivity contribution < 1.29 is 4.79 Å². The molecule has 0 radical (unpaired) electrons. The van der Waals surface area contributed by atoms with E-state index in [2.05, 4.69) is 33.2 Å². The fourth-order valence-corrected chi connectivity index (χ4v) is 2.42. The minimum atomic E-state index is 0. The molecule has 5 heteroatoms. The summed E-state index contributed by atoms with van der Waals surface area (Å²) in [5.74, 6) is 0.0345. The van der Waals surface area contributed by atoms with Crippen LogP contribution in [0.2, 0.25) is 0 Å². The van der Waals surface area contributed by atoms with Gasteiger partial charge >= 0.3 is 0 Å². The van der Waals surface area contributed by atoms with Crippen molar-refractivity contribution in [2.45, 2.75) is 18.9 Å². The van der Waals surface area contributed by atoms with Gasteiger partial charge in [0.1, 0.15) is 0 Å². The summed E-state index contributed by atoms with van der Waals surface area (Å²) >= 11 is 2.22. The molecular formula is C12H16ClIN2O. The van der Waals surface area contributed by atoms with Crippen molar-refractivity contribution in [3.63, 3.8) is 0 Å². The second-order valence-electron chi connectivity index (χ2n) is 4.03. The van der Waals surface area contributed by atoms with Crippen molar-refractivity contribution in [3.05, 3.63) is 33.4 Å². The number of rotatable bonds is 2. The maximum Gasteiger partial charge on any atom is 0.251 e. The fourth-order valence-electron chi connectivity index (χ4n) is 1.87. The maximum atomic E-state index is 11.9. The Bertz CT molecular complexity index is 381. The van der Waals surface area contributed by atoms with Crippen molar-refractivity contribution in [1.29, 1.82) is 0 Å². The summed E-state index contributed by atoms with van der Waals surface area (Å²) in [5.41, 5.74) is 0.748. The molecule has 94 valence electrons. The van der Waals surface area contributed by atoms with Gasteiger partial charge in [0.15, 0.2) is 0 Å². The first-order valence-corrected chi connectivity index (χ1v) is 6.61. The molecular weight excluding hydrogens is 351 g/mol. The quantitative estimate of drug-likeness (QED) is 0.788. The van der Waals surface area contributed by atoms with Crippen LogP contribution in [0.4, 0.5) is 0 Å². The Morgan fingerprint density at radius 2 is 2.29 bits per heavy atom. The van der Waals surface area contributed by atoms with Crippen molar-refractivity contribution in [2.75, 3.05) is 13.1 Å². The first kappa shape index (κ1) is 14.7. The maximum absolute atomic E-state index is 11.9. The summed E-state index contributed by atoms with van der Waals surface area (Å²) < 4.78 is 1.09. The molecule has 1 aliphatic heterocycles. The average Bonchev–Trinajstić information content (AvgIpc) is 2.30. The van der Waals surface area contributed by atoms with Crippen molar-refractivity contribution in [2.24, 2.45) is 0 Å². The molecule has 0 saturated carbocycles. The summed E-state index contributed by atoms with van der Waals surface area (Å²) in [7, 11) is 0. The Morgan fingerprint density at radius 1 is 1.47 bits per heavy atom. The smallest absolute Gasteiger partial charge is 0.251 e. The van der Waals surface area contributed by atoms with Gasteiger partial charge in [-0.1, -0.05) is 6.07 Å². The number of hydrogen-bond donors (Lipinski definition) is 2. The van der Waals surface area contributed by atoms with Gasteiger partial charge < -0.3 is 10.6 Å². The SMILES string of the molecule is Cl.O=C(N[C@H]1CCCNC1)c1cccc(I)c1. The number of hydrogen-bond acceptors (Lipinski definition) is 2. The predicted octanol–water partition coefficient (Wildman–Crippen LogP) is 2.19. The lowest BCUT2D eigenvalue weighted by Gasteiger charge is -2.23. The van der Waals surface area contributed by atoms with Gasteiger partial charge in [0, 0.05) is 21.7 Å². The Morgan fingerprint density at radius 3 is 2.94 bits per heavy atom. The first-order chi connectivity index (χ1) is 7.75. The molecule has 17 heavy (non-hydrogen) atoms. The normalized spacial score (nSPS) is 19.2. The average molecular weight is 367 g/mol. The molecule has 0 unspecified atom stereocenters. The molecule has 2 N–H and O–H groups in total. The number of halogens is 2. The molecule has 1 amide bonds. The Kier molecular flexibility index (Phi) is 6.22. The summed E-state index contributed by atoms with van der Waals surface area (Å²) in [6.45, 7) is 1.95. The number of amides is 1.